The van der Waals surface area contributed by atoms with Crippen LogP contribution in [0.3, 0.4) is 0 Å². The molecule has 122 valence electrons. The molecule has 2 saturated heterocycles. The topological polar surface area (TPSA) is 110 Å². The van der Waals surface area contributed by atoms with E-state index in [1.54, 1.807) is 0 Å². The summed E-state index contributed by atoms with van der Waals surface area (Å²) in [5.74, 6) is -0.534. The standard InChI is InChI=1S/C15H16N2O6/c18-14(9-1-3-10(4-2-9)17(21)22)23-13-7-11-5-6-12(8-13)16(11)15(19)20/h1-4,11-13H,5-8H2,(H,19,20)/t11-,12+,13+. The van der Waals surface area contributed by atoms with E-state index in [2.05, 4.69) is 0 Å². The average Bonchev–Trinajstić information content (AvgIpc) is 2.79. The highest BCUT2D eigenvalue weighted by Gasteiger charge is 2.44. The van der Waals surface area contributed by atoms with E-state index in [-0.39, 0.29) is 29.4 Å². The number of fused-ring (bicyclic) bond motifs is 2. The number of esters is 1. The van der Waals surface area contributed by atoms with Crippen molar-refractivity contribution >= 4 is 17.7 Å². The molecule has 2 heterocycles. The van der Waals surface area contributed by atoms with Gasteiger partial charge in [0.05, 0.1) is 10.5 Å². The molecule has 2 fully saturated rings. The van der Waals surface area contributed by atoms with Crippen LogP contribution in [0.4, 0.5) is 10.5 Å². The van der Waals surface area contributed by atoms with Gasteiger partial charge in [-0.15, -0.1) is 0 Å². The maximum absolute atomic E-state index is 12.1. The minimum atomic E-state index is -0.919. The number of carbonyl (C=O) groups is 2. The first-order valence-electron chi connectivity index (χ1n) is 7.42. The molecule has 3 rings (SSSR count). The lowest BCUT2D eigenvalue weighted by Gasteiger charge is -2.36. The predicted octanol–water partition coefficient (Wildman–Crippen LogP) is 2.43. The Morgan fingerprint density at radius 1 is 1.17 bits per heavy atom. The van der Waals surface area contributed by atoms with Crippen LogP contribution < -0.4 is 0 Å². The summed E-state index contributed by atoms with van der Waals surface area (Å²) in [7, 11) is 0. The first kappa shape index (κ1) is 15.3. The molecule has 0 radical (unpaired) electrons. The summed E-state index contributed by atoms with van der Waals surface area (Å²) in [4.78, 5) is 34.9. The van der Waals surface area contributed by atoms with Crippen LogP contribution in [-0.4, -0.2) is 45.2 Å². The zero-order chi connectivity index (χ0) is 16.6. The molecule has 2 aliphatic rings. The van der Waals surface area contributed by atoms with Crippen molar-refractivity contribution in [2.75, 3.05) is 0 Å². The molecule has 0 saturated carbocycles. The van der Waals surface area contributed by atoms with Crippen LogP contribution in [0.25, 0.3) is 0 Å². The van der Waals surface area contributed by atoms with E-state index >= 15 is 0 Å². The first-order valence-corrected chi connectivity index (χ1v) is 7.42. The summed E-state index contributed by atoms with van der Waals surface area (Å²) in [6.45, 7) is 0. The lowest BCUT2D eigenvalue weighted by atomic mass is 10.00. The van der Waals surface area contributed by atoms with E-state index in [4.69, 9.17) is 4.74 Å². The average molecular weight is 320 g/mol. The van der Waals surface area contributed by atoms with Crippen LogP contribution >= 0.6 is 0 Å². The largest absolute Gasteiger partial charge is 0.465 e. The van der Waals surface area contributed by atoms with Gasteiger partial charge in [-0.3, -0.25) is 10.1 Å². The summed E-state index contributed by atoms with van der Waals surface area (Å²) in [6, 6.07) is 5.05. The van der Waals surface area contributed by atoms with Gasteiger partial charge in [0.2, 0.25) is 0 Å². The third-order valence-corrected chi connectivity index (χ3v) is 4.50. The Bertz CT molecular complexity index is 630. The maximum atomic E-state index is 12.1. The number of nitro groups is 1. The van der Waals surface area contributed by atoms with Crippen molar-refractivity contribution in [3.63, 3.8) is 0 Å². The van der Waals surface area contributed by atoms with Crippen LogP contribution in [0.15, 0.2) is 24.3 Å². The Hall–Kier alpha value is -2.64. The van der Waals surface area contributed by atoms with Gasteiger partial charge in [-0.1, -0.05) is 0 Å². The zero-order valence-corrected chi connectivity index (χ0v) is 12.3. The molecule has 8 nitrogen and oxygen atoms in total. The van der Waals surface area contributed by atoms with Crippen molar-refractivity contribution in [1.29, 1.82) is 0 Å². The summed E-state index contributed by atoms with van der Waals surface area (Å²) in [5, 5.41) is 19.8. The number of nitrogens with zero attached hydrogens (tertiary/aromatic N) is 2. The van der Waals surface area contributed by atoms with Crippen molar-refractivity contribution in [3.8, 4) is 0 Å². The van der Waals surface area contributed by atoms with E-state index in [1.807, 2.05) is 0 Å². The fourth-order valence-electron chi connectivity index (χ4n) is 3.47. The number of hydrogen-bond acceptors (Lipinski definition) is 5. The lowest BCUT2D eigenvalue weighted by molar-refractivity contribution is -0.384. The molecular formula is C15H16N2O6. The molecule has 0 aromatic heterocycles. The van der Waals surface area contributed by atoms with Gasteiger partial charge in [0.1, 0.15) is 6.10 Å². The minimum absolute atomic E-state index is 0.0886. The quantitative estimate of drug-likeness (QED) is 0.520. The molecule has 0 spiro atoms. The van der Waals surface area contributed by atoms with Crippen molar-refractivity contribution in [2.45, 2.75) is 43.9 Å². The van der Waals surface area contributed by atoms with Crippen LogP contribution in [0.5, 0.6) is 0 Å². The smallest absolute Gasteiger partial charge is 0.407 e. The second kappa shape index (κ2) is 5.86. The molecule has 1 N–H and O–H groups in total. The van der Waals surface area contributed by atoms with Crippen LogP contribution in [0.2, 0.25) is 0 Å². The molecule has 8 heteroatoms. The van der Waals surface area contributed by atoms with E-state index in [9.17, 15) is 24.8 Å². The third kappa shape index (κ3) is 2.96. The van der Waals surface area contributed by atoms with Gasteiger partial charge in [0.25, 0.3) is 5.69 Å². The Labute approximate surface area is 131 Å². The first-order chi connectivity index (χ1) is 11.0. The lowest BCUT2D eigenvalue weighted by Crippen LogP contribution is -2.48. The molecule has 3 atom stereocenters. The summed E-state index contributed by atoms with van der Waals surface area (Å²) in [5.41, 5.74) is 0.165. The fraction of sp³-hybridized carbons (Fsp3) is 0.467. The van der Waals surface area contributed by atoms with E-state index in [1.165, 1.54) is 29.2 Å². The van der Waals surface area contributed by atoms with Crippen molar-refractivity contribution in [1.82, 2.24) is 4.90 Å². The highest BCUT2D eigenvalue weighted by molar-refractivity contribution is 5.89. The van der Waals surface area contributed by atoms with Gasteiger partial charge >= 0.3 is 12.1 Å². The highest BCUT2D eigenvalue weighted by atomic mass is 16.6. The molecule has 0 aliphatic carbocycles. The molecular weight excluding hydrogens is 304 g/mol. The summed E-state index contributed by atoms with van der Waals surface area (Å²) >= 11 is 0. The van der Waals surface area contributed by atoms with Gasteiger partial charge in [-0.25, -0.2) is 9.59 Å². The SMILES string of the molecule is O=C(O[C@H]1C[C@H]2CC[C@@H](C1)N2C(=O)O)c1ccc([N+](=O)[O-])cc1. The van der Waals surface area contributed by atoms with Gasteiger partial charge in [-0.05, 0) is 25.0 Å². The molecule has 1 aromatic carbocycles. The molecule has 2 aliphatic heterocycles. The normalized spacial score (nSPS) is 25.9. The van der Waals surface area contributed by atoms with Crippen LogP contribution in [0.1, 0.15) is 36.0 Å². The highest BCUT2D eigenvalue weighted by Crippen LogP contribution is 2.37. The second-order valence-electron chi connectivity index (χ2n) is 5.88. The molecule has 0 unspecified atom stereocenters. The number of rotatable bonds is 3. The van der Waals surface area contributed by atoms with Gasteiger partial charge in [-0.2, -0.15) is 0 Å². The number of hydrogen-bond donors (Lipinski definition) is 1. The Morgan fingerprint density at radius 3 is 2.22 bits per heavy atom. The number of piperidine rings is 1. The number of amides is 1. The summed E-state index contributed by atoms with van der Waals surface area (Å²) < 4.78 is 5.46. The van der Waals surface area contributed by atoms with Gasteiger partial charge < -0.3 is 14.7 Å². The molecule has 23 heavy (non-hydrogen) atoms. The van der Waals surface area contributed by atoms with Gasteiger partial charge in [0, 0.05) is 37.1 Å². The number of nitro benzene ring substituents is 1. The van der Waals surface area contributed by atoms with Crippen LogP contribution in [0, 0.1) is 10.1 Å². The van der Waals surface area contributed by atoms with Crippen molar-refractivity contribution in [3.05, 3.63) is 39.9 Å². The second-order valence-corrected chi connectivity index (χ2v) is 5.88. The van der Waals surface area contributed by atoms with E-state index in [0.29, 0.717) is 12.8 Å². The predicted molar refractivity (Wildman–Crippen MR) is 78.2 cm³/mol. The maximum Gasteiger partial charge on any atom is 0.407 e. The summed E-state index contributed by atoms with van der Waals surface area (Å²) in [6.07, 6.45) is 1.36. The number of benzene rings is 1. The monoisotopic (exact) mass is 320 g/mol. The van der Waals surface area contributed by atoms with Gasteiger partial charge in [0.15, 0.2) is 0 Å². The Balaban J connectivity index is 1.63. The molecule has 1 aromatic rings. The van der Waals surface area contributed by atoms with Crippen LogP contribution in [-0.2, 0) is 4.74 Å². The van der Waals surface area contributed by atoms with E-state index < -0.39 is 17.0 Å². The number of carbonyl (C=O) groups excluding carboxylic acids is 1. The zero-order valence-electron chi connectivity index (χ0n) is 12.3. The Morgan fingerprint density at radius 2 is 1.74 bits per heavy atom. The molecule has 2 bridgehead atoms. The third-order valence-electron chi connectivity index (χ3n) is 4.50. The minimum Gasteiger partial charge on any atom is -0.465 e. The fourth-order valence-corrected chi connectivity index (χ4v) is 3.47. The van der Waals surface area contributed by atoms with Crippen molar-refractivity contribution < 1.29 is 24.4 Å². The number of non-ortho nitro benzene ring substituents is 1. The van der Waals surface area contributed by atoms with E-state index in [0.717, 1.165) is 12.8 Å². The Kier molecular flexibility index (Phi) is 3.89. The number of carboxylic acid groups (broad SMARTS) is 1. The number of ether oxygens (including phenoxy) is 1. The molecule has 1 amide bonds. The van der Waals surface area contributed by atoms with Crippen molar-refractivity contribution in [2.24, 2.45) is 0 Å².